The van der Waals surface area contributed by atoms with Gasteiger partial charge in [0.05, 0.1) is 17.9 Å². The summed E-state index contributed by atoms with van der Waals surface area (Å²) in [7, 11) is 1.91. The van der Waals surface area contributed by atoms with Crippen LogP contribution in [0.1, 0.15) is 39.9 Å². The molecule has 1 fully saturated rings. The quantitative estimate of drug-likeness (QED) is 0.606. The van der Waals surface area contributed by atoms with Crippen molar-refractivity contribution in [3.8, 4) is 16.9 Å². The molecule has 1 aromatic heterocycles. The van der Waals surface area contributed by atoms with Crippen LogP contribution in [0.25, 0.3) is 11.1 Å². The molecule has 1 atom stereocenters. The fourth-order valence-electron chi connectivity index (χ4n) is 4.39. The van der Waals surface area contributed by atoms with E-state index in [0.29, 0.717) is 31.0 Å². The number of carbonyl (C=O) groups excluding carboxylic acids is 1. The van der Waals surface area contributed by atoms with Crippen LogP contribution in [-0.4, -0.2) is 39.9 Å². The average Bonchev–Trinajstić information content (AvgIpc) is 3.50. The van der Waals surface area contributed by atoms with Crippen molar-refractivity contribution in [3.63, 3.8) is 0 Å². The molecule has 2 aliphatic rings. The lowest BCUT2D eigenvalue weighted by Crippen LogP contribution is -2.24. The van der Waals surface area contributed by atoms with Gasteiger partial charge < -0.3 is 14.4 Å². The van der Waals surface area contributed by atoms with E-state index in [1.807, 2.05) is 43.4 Å². The normalized spacial score (nSPS) is 17.9. The van der Waals surface area contributed by atoms with E-state index in [9.17, 15) is 4.79 Å². The zero-order valence-corrected chi connectivity index (χ0v) is 18.0. The molecule has 1 saturated heterocycles. The monoisotopic (exact) mass is 417 g/mol. The Labute approximate surface area is 182 Å². The average molecular weight is 418 g/mol. The van der Waals surface area contributed by atoms with Crippen LogP contribution in [0, 0.1) is 6.92 Å². The molecule has 3 aromatic rings. The Morgan fingerprint density at radius 1 is 1.16 bits per heavy atom. The van der Waals surface area contributed by atoms with Crippen molar-refractivity contribution in [1.29, 1.82) is 0 Å². The number of carbonyl (C=O) groups is 1. The number of ether oxygens (including phenoxy) is 2. The van der Waals surface area contributed by atoms with Crippen molar-refractivity contribution in [2.45, 2.75) is 39.0 Å². The summed E-state index contributed by atoms with van der Waals surface area (Å²) in [5, 5.41) is 4.23. The number of fused-ring (bicyclic) bond motifs is 1. The number of benzene rings is 2. The van der Waals surface area contributed by atoms with Crippen molar-refractivity contribution in [2.24, 2.45) is 7.05 Å². The number of hydrogen-bond acceptors (Lipinski definition) is 4. The summed E-state index contributed by atoms with van der Waals surface area (Å²) in [6, 6.07) is 12.4. The fraction of sp³-hybridized carbons (Fsp3) is 0.360. The van der Waals surface area contributed by atoms with Gasteiger partial charge in [0.15, 0.2) is 0 Å². The maximum absolute atomic E-state index is 13.3. The van der Waals surface area contributed by atoms with Crippen LogP contribution in [0.5, 0.6) is 5.75 Å². The van der Waals surface area contributed by atoms with Crippen LogP contribution >= 0.6 is 0 Å². The first-order chi connectivity index (χ1) is 15.1. The standard InChI is InChI=1S/C25H27N3O3/c1-17-5-8-20-15-28(25(29)23(20)24(17)31-16-22-4-3-11-30-22)13-18-6-9-19(10-7-18)21-12-26-27(2)14-21/h5-10,12,14,22H,3-4,11,13,15-16H2,1-2H3. The molecule has 2 aromatic carbocycles. The summed E-state index contributed by atoms with van der Waals surface area (Å²) in [6.07, 6.45) is 6.07. The van der Waals surface area contributed by atoms with E-state index >= 15 is 0 Å². The van der Waals surface area contributed by atoms with Gasteiger partial charge in [-0.25, -0.2) is 0 Å². The summed E-state index contributed by atoms with van der Waals surface area (Å²) in [5.41, 5.74) is 6.05. The van der Waals surface area contributed by atoms with Crippen LogP contribution < -0.4 is 4.74 Å². The highest BCUT2D eigenvalue weighted by Crippen LogP contribution is 2.35. The third kappa shape index (κ3) is 3.95. The lowest BCUT2D eigenvalue weighted by atomic mass is 10.0. The summed E-state index contributed by atoms with van der Waals surface area (Å²) in [6.45, 7) is 4.48. The predicted molar refractivity (Wildman–Crippen MR) is 118 cm³/mol. The van der Waals surface area contributed by atoms with Crippen LogP contribution in [0.4, 0.5) is 0 Å². The second-order valence-corrected chi connectivity index (χ2v) is 8.45. The molecule has 2 aliphatic heterocycles. The van der Waals surface area contributed by atoms with Crippen molar-refractivity contribution < 1.29 is 14.3 Å². The predicted octanol–water partition coefficient (Wildman–Crippen LogP) is 4.11. The number of nitrogens with zero attached hydrogens (tertiary/aromatic N) is 3. The third-order valence-electron chi connectivity index (χ3n) is 6.11. The highest BCUT2D eigenvalue weighted by molar-refractivity contribution is 6.01. The van der Waals surface area contributed by atoms with Crippen LogP contribution in [0.2, 0.25) is 0 Å². The minimum Gasteiger partial charge on any atom is -0.490 e. The first-order valence-corrected chi connectivity index (χ1v) is 10.8. The molecule has 160 valence electrons. The summed E-state index contributed by atoms with van der Waals surface area (Å²) < 4.78 is 13.6. The second-order valence-electron chi connectivity index (χ2n) is 8.45. The Morgan fingerprint density at radius 2 is 2.00 bits per heavy atom. The topological polar surface area (TPSA) is 56.6 Å². The highest BCUT2D eigenvalue weighted by Gasteiger charge is 2.32. The SMILES string of the molecule is Cc1ccc2c(c1OCC1CCCO1)C(=O)N(Cc1ccc(-c3cnn(C)c3)cc1)C2. The molecular formula is C25H27N3O3. The molecule has 3 heterocycles. The Bertz CT molecular complexity index is 1100. The van der Waals surface area contributed by atoms with Gasteiger partial charge in [-0.05, 0) is 42.0 Å². The highest BCUT2D eigenvalue weighted by atomic mass is 16.5. The van der Waals surface area contributed by atoms with Gasteiger partial charge in [-0.3, -0.25) is 9.48 Å². The van der Waals surface area contributed by atoms with Gasteiger partial charge in [0, 0.05) is 38.5 Å². The Morgan fingerprint density at radius 3 is 2.71 bits per heavy atom. The molecule has 6 heteroatoms. The third-order valence-corrected chi connectivity index (χ3v) is 6.11. The number of aryl methyl sites for hydroxylation is 2. The maximum Gasteiger partial charge on any atom is 0.258 e. The Hall–Kier alpha value is -3.12. The minimum atomic E-state index is 0.0392. The van der Waals surface area contributed by atoms with Crippen LogP contribution in [-0.2, 0) is 24.9 Å². The zero-order chi connectivity index (χ0) is 21.4. The number of rotatable bonds is 6. The minimum absolute atomic E-state index is 0.0392. The first-order valence-electron chi connectivity index (χ1n) is 10.8. The van der Waals surface area contributed by atoms with E-state index in [-0.39, 0.29) is 12.0 Å². The lowest BCUT2D eigenvalue weighted by Gasteiger charge is -2.17. The largest absolute Gasteiger partial charge is 0.490 e. The van der Waals surface area contributed by atoms with Crippen molar-refractivity contribution in [1.82, 2.24) is 14.7 Å². The number of amides is 1. The number of hydrogen-bond donors (Lipinski definition) is 0. The molecule has 0 spiro atoms. The van der Waals surface area contributed by atoms with Gasteiger partial charge >= 0.3 is 0 Å². The molecule has 0 radical (unpaired) electrons. The van der Waals surface area contributed by atoms with E-state index in [2.05, 4.69) is 29.4 Å². The lowest BCUT2D eigenvalue weighted by molar-refractivity contribution is 0.0657. The molecule has 0 saturated carbocycles. The number of aromatic nitrogens is 2. The summed E-state index contributed by atoms with van der Waals surface area (Å²) in [5.74, 6) is 0.754. The fourth-order valence-corrected chi connectivity index (χ4v) is 4.39. The zero-order valence-electron chi connectivity index (χ0n) is 18.0. The molecule has 0 aliphatic carbocycles. The smallest absolute Gasteiger partial charge is 0.258 e. The van der Waals surface area contributed by atoms with Crippen molar-refractivity contribution in [2.75, 3.05) is 13.2 Å². The Kier molecular flexibility index (Phi) is 5.24. The van der Waals surface area contributed by atoms with Crippen molar-refractivity contribution in [3.05, 3.63) is 71.0 Å². The van der Waals surface area contributed by atoms with E-state index in [4.69, 9.17) is 9.47 Å². The second kappa shape index (κ2) is 8.19. The molecule has 1 unspecified atom stereocenters. The Balaban J connectivity index is 1.31. The molecule has 5 rings (SSSR count). The molecular weight excluding hydrogens is 390 g/mol. The molecule has 6 nitrogen and oxygen atoms in total. The van der Waals surface area contributed by atoms with Crippen molar-refractivity contribution >= 4 is 5.91 Å². The summed E-state index contributed by atoms with van der Waals surface area (Å²) >= 11 is 0. The molecule has 0 N–H and O–H groups in total. The van der Waals surface area contributed by atoms with Gasteiger partial charge in [0.25, 0.3) is 5.91 Å². The van der Waals surface area contributed by atoms with E-state index in [0.717, 1.165) is 47.3 Å². The van der Waals surface area contributed by atoms with E-state index in [1.54, 1.807) is 4.68 Å². The van der Waals surface area contributed by atoms with E-state index in [1.165, 1.54) is 0 Å². The molecule has 0 bridgehead atoms. The van der Waals surface area contributed by atoms with Gasteiger partial charge in [-0.1, -0.05) is 36.4 Å². The van der Waals surface area contributed by atoms with Gasteiger partial charge in [-0.15, -0.1) is 0 Å². The van der Waals surface area contributed by atoms with Gasteiger partial charge in [0.1, 0.15) is 12.4 Å². The van der Waals surface area contributed by atoms with Crippen LogP contribution in [0.15, 0.2) is 48.8 Å². The molecule has 1 amide bonds. The van der Waals surface area contributed by atoms with Gasteiger partial charge in [-0.2, -0.15) is 5.10 Å². The van der Waals surface area contributed by atoms with E-state index < -0.39 is 0 Å². The van der Waals surface area contributed by atoms with Crippen LogP contribution in [0.3, 0.4) is 0 Å². The first kappa shape index (κ1) is 19.8. The molecule has 31 heavy (non-hydrogen) atoms. The maximum atomic E-state index is 13.3. The van der Waals surface area contributed by atoms with Gasteiger partial charge in [0.2, 0.25) is 0 Å². The summed E-state index contributed by atoms with van der Waals surface area (Å²) in [4.78, 5) is 15.2.